The smallest absolute Gasteiger partial charge is 0.435 e. The fourth-order valence-electron chi connectivity index (χ4n) is 7.41. The predicted molar refractivity (Wildman–Crippen MR) is 158 cm³/mol. The van der Waals surface area contributed by atoms with Gasteiger partial charge in [-0.3, -0.25) is 9.59 Å². The second-order valence-corrected chi connectivity index (χ2v) is 15.3. The highest BCUT2D eigenvalue weighted by atomic mass is 127. The molecule has 2 aromatic rings. The maximum Gasteiger partial charge on any atom is 0.435 e. The van der Waals surface area contributed by atoms with E-state index < -0.39 is 96.4 Å². The van der Waals surface area contributed by atoms with Crippen molar-refractivity contribution in [2.45, 2.75) is 66.3 Å². The first-order chi connectivity index (χ1) is 21.7. The zero-order valence-corrected chi connectivity index (χ0v) is 27.4. The largest absolute Gasteiger partial charge is 0.491 e. The highest BCUT2D eigenvalue weighted by molar-refractivity contribution is 14.1. The first-order valence-electron chi connectivity index (χ1n) is 14.4. The van der Waals surface area contributed by atoms with Gasteiger partial charge in [0, 0.05) is 22.1 Å². The average molecular weight is 810 g/mol. The number of likely N-dealkylation sites (tertiary alicyclic amines) is 1. The molecule has 1 aliphatic carbocycles. The number of carboxylic acids is 1. The zero-order chi connectivity index (χ0) is 35.0. The average Bonchev–Trinajstić information content (AvgIpc) is 3.40. The molecule has 3 aliphatic rings. The number of nitrogens with zero attached hydrogens (tertiary/aromatic N) is 1. The van der Waals surface area contributed by atoms with Crippen molar-refractivity contribution in [2.24, 2.45) is 17.3 Å². The molecule has 2 aromatic carbocycles. The molecule has 0 spiro atoms. The highest BCUT2D eigenvalue weighted by Gasteiger charge is 2.74. The maximum absolute atomic E-state index is 15.0. The predicted octanol–water partition coefficient (Wildman–Crippen LogP) is 6.72. The van der Waals surface area contributed by atoms with Crippen molar-refractivity contribution in [3.63, 3.8) is 0 Å². The Morgan fingerprint density at radius 3 is 2.17 bits per heavy atom. The van der Waals surface area contributed by atoms with Crippen molar-refractivity contribution >= 4 is 44.3 Å². The second kappa shape index (κ2) is 11.7. The van der Waals surface area contributed by atoms with Gasteiger partial charge >= 0.3 is 24.0 Å². The highest BCUT2D eigenvalue weighted by Crippen LogP contribution is 2.58. The Morgan fingerprint density at radius 1 is 1.02 bits per heavy atom. The Labute approximate surface area is 277 Å². The van der Waals surface area contributed by atoms with Gasteiger partial charge in [-0.15, -0.1) is 0 Å². The van der Waals surface area contributed by atoms with Crippen molar-refractivity contribution in [3.05, 3.63) is 59.4 Å². The molecule has 2 fully saturated rings. The molecular formula is C30H28F8INO6S. The van der Waals surface area contributed by atoms with Gasteiger partial charge < -0.3 is 14.7 Å². The Balaban J connectivity index is 1.66. The topological polar surface area (TPSA) is 101 Å². The summed E-state index contributed by atoms with van der Waals surface area (Å²) in [5, 5.41) is 9.60. The minimum absolute atomic E-state index is 0.168. The number of halogens is 9. The lowest BCUT2D eigenvalue weighted by molar-refractivity contribution is -0.348. The summed E-state index contributed by atoms with van der Waals surface area (Å²) in [7, 11) is -4.71. The number of amides is 1. The van der Waals surface area contributed by atoms with Gasteiger partial charge in [0.1, 0.15) is 22.9 Å². The molecule has 0 bridgehead atoms. The van der Waals surface area contributed by atoms with Crippen LogP contribution in [0.15, 0.2) is 47.4 Å². The third-order valence-corrected chi connectivity index (χ3v) is 13.9. The molecule has 1 N–H and O–H groups in total. The van der Waals surface area contributed by atoms with Gasteiger partial charge in [-0.25, -0.2) is 17.2 Å². The number of carbonyl (C=O) groups is 2. The number of rotatable bonds is 6. The number of aliphatic carboxylic acids is 1. The molecular weight excluding hydrogens is 781 g/mol. The molecule has 7 nitrogen and oxygen atoms in total. The van der Waals surface area contributed by atoms with Gasteiger partial charge in [0.15, 0.2) is 9.84 Å². The van der Waals surface area contributed by atoms with Crippen LogP contribution in [0.4, 0.5) is 35.1 Å². The van der Waals surface area contributed by atoms with E-state index in [1.165, 1.54) is 4.90 Å². The molecule has 1 saturated carbocycles. The molecule has 0 aromatic heterocycles. The SMILES string of the molecule is C[C@@H]1C[C@@](CI)(C(=O)N2CCC3(S(=O)(=O)c4ccc(F)cc4)c4ccc(C(F)(C(F)(F)F)C(F)(F)F)cc4OCC23)CC[C@H]1C(=O)O. The lowest BCUT2D eigenvalue weighted by Crippen LogP contribution is -2.58. The minimum atomic E-state index is -6.43. The lowest BCUT2D eigenvalue weighted by atomic mass is 9.66. The van der Waals surface area contributed by atoms with Crippen LogP contribution in [0, 0.1) is 23.1 Å². The van der Waals surface area contributed by atoms with Crippen LogP contribution in [0.25, 0.3) is 0 Å². The first kappa shape index (κ1) is 35.6. The van der Waals surface area contributed by atoms with Crippen LogP contribution in [0.5, 0.6) is 5.75 Å². The summed E-state index contributed by atoms with van der Waals surface area (Å²) in [4.78, 5) is 27.0. The van der Waals surface area contributed by atoms with Gasteiger partial charge in [-0.2, -0.15) is 26.3 Å². The number of hydrogen-bond acceptors (Lipinski definition) is 5. The molecule has 2 aliphatic heterocycles. The molecule has 0 radical (unpaired) electrons. The molecule has 1 saturated heterocycles. The summed E-state index contributed by atoms with van der Waals surface area (Å²) in [6.45, 7) is 0.788. The lowest BCUT2D eigenvalue weighted by Gasteiger charge is -2.46. The van der Waals surface area contributed by atoms with Crippen LogP contribution in [0.3, 0.4) is 0 Å². The van der Waals surface area contributed by atoms with Gasteiger partial charge in [-0.05, 0) is 61.9 Å². The van der Waals surface area contributed by atoms with Crippen molar-refractivity contribution in [2.75, 3.05) is 17.6 Å². The number of alkyl halides is 8. The van der Waals surface area contributed by atoms with Crippen LogP contribution < -0.4 is 4.74 Å². The number of fused-ring (bicyclic) bond motifs is 3. The van der Waals surface area contributed by atoms with E-state index in [0.717, 1.165) is 24.3 Å². The fourth-order valence-corrected chi connectivity index (χ4v) is 10.7. The molecule has 47 heavy (non-hydrogen) atoms. The zero-order valence-electron chi connectivity index (χ0n) is 24.5. The van der Waals surface area contributed by atoms with Gasteiger partial charge in [0.2, 0.25) is 5.91 Å². The first-order valence-corrected chi connectivity index (χ1v) is 17.4. The van der Waals surface area contributed by atoms with Crippen LogP contribution in [-0.2, 0) is 29.8 Å². The molecule has 1 amide bonds. The molecule has 2 heterocycles. The number of sulfone groups is 1. The summed E-state index contributed by atoms with van der Waals surface area (Å²) in [6.07, 6.45) is -12.7. The third kappa shape index (κ3) is 5.28. The van der Waals surface area contributed by atoms with E-state index in [1.807, 2.05) is 22.6 Å². The quantitative estimate of drug-likeness (QED) is 0.151. The fraction of sp³-hybridized carbons (Fsp3) is 0.533. The second-order valence-electron chi connectivity index (χ2n) is 12.4. The summed E-state index contributed by atoms with van der Waals surface area (Å²) in [5.74, 6) is -4.15. The standard InChI is InChI=1S/C30H28F8INO6S/c1-16-13-26(15-39,9-8-20(16)24(41)42)25(43)40-11-10-27(47(44,45)19-5-3-18(31)4-6-19)21-7-2-17(12-22(21)46-14-23(27)40)28(32,29(33,34)35)30(36,37)38/h2-7,12,16,20,23H,8-11,13-15H2,1H3,(H,41,42)/t16-,20-,23?,26+,27?/m1/s1. The van der Waals surface area contributed by atoms with Gasteiger partial charge in [0.05, 0.1) is 22.3 Å². The summed E-state index contributed by atoms with van der Waals surface area (Å²) < 4.78 is 143. The Hall–Kier alpha value is -2.70. The van der Waals surface area contributed by atoms with Crippen molar-refractivity contribution in [1.29, 1.82) is 0 Å². The van der Waals surface area contributed by atoms with E-state index in [4.69, 9.17) is 4.74 Å². The Morgan fingerprint density at radius 2 is 1.64 bits per heavy atom. The van der Waals surface area contributed by atoms with E-state index >= 15 is 4.39 Å². The summed E-state index contributed by atoms with van der Waals surface area (Å²) in [5.41, 5.74) is -9.16. The summed E-state index contributed by atoms with van der Waals surface area (Å²) in [6, 6.07) is 3.30. The van der Waals surface area contributed by atoms with Crippen molar-refractivity contribution in [3.8, 4) is 5.75 Å². The maximum atomic E-state index is 15.0. The number of carbonyl (C=O) groups excluding carboxylic acids is 1. The van der Waals surface area contributed by atoms with Crippen molar-refractivity contribution in [1.82, 2.24) is 4.90 Å². The number of hydrogen-bond donors (Lipinski definition) is 1. The van der Waals surface area contributed by atoms with Gasteiger partial charge in [0.25, 0.3) is 0 Å². The minimum Gasteiger partial charge on any atom is -0.491 e. The molecule has 5 atom stereocenters. The Kier molecular flexibility index (Phi) is 8.88. The van der Waals surface area contributed by atoms with Crippen molar-refractivity contribution < 1.29 is 63.0 Å². The number of benzene rings is 2. The van der Waals surface area contributed by atoms with Crippen LogP contribution in [0.1, 0.15) is 43.7 Å². The Bertz CT molecular complexity index is 1670. The third-order valence-electron chi connectivity index (χ3n) is 9.88. The monoisotopic (exact) mass is 809 g/mol. The van der Waals surface area contributed by atoms with E-state index in [1.54, 1.807) is 6.92 Å². The molecule has 17 heteroatoms. The van der Waals surface area contributed by atoms with E-state index in [-0.39, 0.29) is 54.4 Å². The van der Waals surface area contributed by atoms with Crippen LogP contribution in [-0.4, -0.2) is 66.3 Å². The molecule has 2 unspecified atom stereocenters. The van der Waals surface area contributed by atoms with E-state index in [9.17, 15) is 53.8 Å². The molecule has 5 rings (SSSR count). The molecule has 258 valence electrons. The van der Waals surface area contributed by atoms with E-state index in [2.05, 4.69) is 0 Å². The van der Waals surface area contributed by atoms with Gasteiger partial charge in [-0.1, -0.05) is 41.6 Å². The summed E-state index contributed by atoms with van der Waals surface area (Å²) >= 11 is 2.00. The number of carboxylic acid groups (broad SMARTS) is 1. The normalized spacial score (nSPS) is 28.3. The van der Waals surface area contributed by atoms with E-state index in [0.29, 0.717) is 6.07 Å². The van der Waals surface area contributed by atoms with Crippen LogP contribution in [0.2, 0.25) is 0 Å². The number of ether oxygens (including phenoxy) is 1. The van der Waals surface area contributed by atoms with Crippen LogP contribution >= 0.6 is 22.6 Å².